The van der Waals surface area contributed by atoms with Crippen LogP contribution in [0.25, 0.3) is 10.8 Å². The van der Waals surface area contributed by atoms with Crippen molar-refractivity contribution in [2.24, 2.45) is 0 Å². The van der Waals surface area contributed by atoms with Crippen molar-refractivity contribution in [1.29, 1.82) is 0 Å². The van der Waals surface area contributed by atoms with Gasteiger partial charge in [0.25, 0.3) is 0 Å². The molecule has 0 atom stereocenters. The van der Waals surface area contributed by atoms with Crippen LogP contribution < -0.4 is 10.1 Å². The number of aromatic nitrogens is 1. The Bertz CT molecular complexity index is 591. The molecule has 1 saturated heterocycles. The number of anilines is 1. The number of benzene rings is 1. The third-order valence-corrected chi connectivity index (χ3v) is 4.03. The summed E-state index contributed by atoms with van der Waals surface area (Å²) in [7, 11) is 3.87. The van der Waals surface area contributed by atoms with Gasteiger partial charge in [0.15, 0.2) is 0 Å². The normalized spacial score (nSPS) is 17.3. The van der Waals surface area contributed by atoms with Crippen molar-refractivity contribution >= 4 is 16.6 Å². The Labute approximate surface area is 119 Å². The maximum Gasteiger partial charge on any atom is 0.134 e. The molecule has 1 fully saturated rings. The topological polar surface area (TPSA) is 37.4 Å². The first-order valence-corrected chi connectivity index (χ1v) is 7.14. The summed E-state index contributed by atoms with van der Waals surface area (Å²) in [6, 6.07) is 8.67. The Morgan fingerprint density at radius 3 is 2.80 bits per heavy atom. The van der Waals surface area contributed by atoms with Gasteiger partial charge in [0.05, 0.1) is 7.11 Å². The fraction of sp³-hybridized carbons (Fsp3) is 0.438. The summed E-state index contributed by atoms with van der Waals surface area (Å²) < 4.78 is 5.32. The van der Waals surface area contributed by atoms with Crippen LogP contribution in [-0.2, 0) is 0 Å². The van der Waals surface area contributed by atoms with Crippen molar-refractivity contribution in [3.8, 4) is 5.75 Å². The van der Waals surface area contributed by atoms with Gasteiger partial charge in [0.2, 0.25) is 0 Å². The Balaban J connectivity index is 1.86. The summed E-state index contributed by atoms with van der Waals surface area (Å²) in [4.78, 5) is 6.89. The summed E-state index contributed by atoms with van der Waals surface area (Å²) in [5.74, 6) is 1.84. The van der Waals surface area contributed by atoms with Gasteiger partial charge in [-0.3, -0.25) is 0 Å². The quantitative estimate of drug-likeness (QED) is 0.931. The van der Waals surface area contributed by atoms with E-state index in [4.69, 9.17) is 4.74 Å². The smallest absolute Gasteiger partial charge is 0.134 e. The lowest BCUT2D eigenvalue weighted by atomic mass is 10.0. The standard InChI is InChI=1S/C16H21N3O/c1-19-9-6-13(7-10-19)18-16-15-11-14(20-2)4-3-12(15)5-8-17-16/h3-5,8,11,13H,6-7,9-10H2,1-2H3,(H,17,18). The molecule has 1 aromatic heterocycles. The molecule has 0 radical (unpaired) electrons. The summed E-state index contributed by atoms with van der Waals surface area (Å²) in [6.45, 7) is 2.29. The molecule has 2 heterocycles. The van der Waals surface area contributed by atoms with Gasteiger partial charge in [-0.1, -0.05) is 6.07 Å². The van der Waals surface area contributed by atoms with Crippen molar-refractivity contribution in [2.75, 3.05) is 32.6 Å². The van der Waals surface area contributed by atoms with Crippen LogP contribution in [0.5, 0.6) is 5.75 Å². The Morgan fingerprint density at radius 2 is 2.05 bits per heavy atom. The minimum atomic E-state index is 0.510. The van der Waals surface area contributed by atoms with Crippen LogP contribution >= 0.6 is 0 Å². The van der Waals surface area contributed by atoms with E-state index in [2.05, 4.69) is 34.4 Å². The van der Waals surface area contributed by atoms with Gasteiger partial charge >= 0.3 is 0 Å². The summed E-state index contributed by atoms with van der Waals surface area (Å²) in [6.07, 6.45) is 4.20. The highest BCUT2D eigenvalue weighted by Gasteiger charge is 2.17. The van der Waals surface area contributed by atoms with E-state index in [9.17, 15) is 0 Å². The molecule has 4 nitrogen and oxygen atoms in total. The van der Waals surface area contributed by atoms with Gasteiger partial charge in [-0.2, -0.15) is 0 Å². The van der Waals surface area contributed by atoms with Crippen LogP contribution in [0.3, 0.4) is 0 Å². The summed E-state index contributed by atoms with van der Waals surface area (Å²) in [5.41, 5.74) is 0. The minimum Gasteiger partial charge on any atom is -0.497 e. The zero-order valence-corrected chi connectivity index (χ0v) is 12.1. The molecule has 0 unspecified atom stereocenters. The molecule has 0 saturated carbocycles. The molecule has 2 aromatic rings. The van der Waals surface area contributed by atoms with E-state index in [1.165, 1.54) is 18.2 Å². The molecule has 1 N–H and O–H groups in total. The molecular formula is C16H21N3O. The monoisotopic (exact) mass is 271 g/mol. The van der Waals surface area contributed by atoms with E-state index in [1.54, 1.807) is 7.11 Å². The van der Waals surface area contributed by atoms with Crippen LogP contribution in [0.15, 0.2) is 30.5 Å². The van der Waals surface area contributed by atoms with Gasteiger partial charge in [-0.05, 0) is 56.6 Å². The molecule has 20 heavy (non-hydrogen) atoms. The van der Waals surface area contributed by atoms with Crippen LogP contribution in [-0.4, -0.2) is 43.2 Å². The van der Waals surface area contributed by atoms with E-state index in [-0.39, 0.29) is 0 Å². The maximum atomic E-state index is 5.32. The Morgan fingerprint density at radius 1 is 1.25 bits per heavy atom. The molecule has 0 bridgehead atoms. The Hall–Kier alpha value is -1.81. The number of piperidine rings is 1. The largest absolute Gasteiger partial charge is 0.497 e. The fourth-order valence-electron chi connectivity index (χ4n) is 2.74. The predicted molar refractivity (Wildman–Crippen MR) is 82.4 cm³/mol. The van der Waals surface area contributed by atoms with Crippen molar-refractivity contribution in [1.82, 2.24) is 9.88 Å². The lowest BCUT2D eigenvalue weighted by Gasteiger charge is -2.30. The second kappa shape index (κ2) is 5.67. The van der Waals surface area contributed by atoms with E-state index < -0.39 is 0 Å². The van der Waals surface area contributed by atoms with Crippen molar-refractivity contribution in [3.05, 3.63) is 30.5 Å². The minimum absolute atomic E-state index is 0.510. The lowest BCUT2D eigenvalue weighted by Crippen LogP contribution is -2.36. The average molecular weight is 271 g/mol. The summed E-state index contributed by atoms with van der Waals surface area (Å²) >= 11 is 0. The molecule has 0 amide bonds. The van der Waals surface area contributed by atoms with Gasteiger partial charge < -0.3 is 15.0 Å². The average Bonchev–Trinajstić information content (AvgIpc) is 2.49. The van der Waals surface area contributed by atoms with E-state index in [0.29, 0.717) is 6.04 Å². The third-order valence-electron chi connectivity index (χ3n) is 4.03. The number of methoxy groups -OCH3 is 1. The van der Waals surface area contributed by atoms with Gasteiger partial charge in [0.1, 0.15) is 11.6 Å². The molecule has 1 aliphatic heterocycles. The third kappa shape index (κ3) is 2.70. The first-order chi connectivity index (χ1) is 9.76. The van der Waals surface area contributed by atoms with Crippen molar-refractivity contribution < 1.29 is 4.74 Å². The van der Waals surface area contributed by atoms with Crippen LogP contribution in [0, 0.1) is 0 Å². The molecule has 106 valence electrons. The molecular weight excluding hydrogens is 250 g/mol. The number of likely N-dealkylation sites (tertiary alicyclic amines) is 1. The molecule has 3 rings (SSSR count). The lowest BCUT2D eigenvalue weighted by molar-refractivity contribution is 0.264. The van der Waals surface area contributed by atoms with E-state index in [0.717, 1.165) is 30.0 Å². The zero-order valence-electron chi connectivity index (χ0n) is 12.1. The second-order valence-corrected chi connectivity index (χ2v) is 5.47. The molecule has 0 aliphatic carbocycles. The van der Waals surface area contributed by atoms with Gasteiger partial charge in [-0.25, -0.2) is 4.98 Å². The van der Waals surface area contributed by atoms with Gasteiger partial charge in [-0.15, -0.1) is 0 Å². The number of nitrogens with one attached hydrogen (secondary N) is 1. The predicted octanol–water partition coefficient (Wildman–Crippen LogP) is 2.75. The number of ether oxygens (including phenoxy) is 1. The first-order valence-electron chi connectivity index (χ1n) is 7.14. The van der Waals surface area contributed by atoms with Gasteiger partial charge in [0, 0.05) is 17.6 Å². The molecule has 4 heteroatoms. The highest BCUT2D eigenvalue weighted by Crippen LogP contribution is 2.27. The number of pyridine rings is 1. The fourth-order valence-corrected chi connectivity index (χ4v) is 2.74. The number of nitrogens with zero attached hydrogens (tertiary/aromatic N) is 2. The maximum absolute atomic E-state index is 5.32. The van der Waals surface area contributed by atoms with E-state index in [1.807, 2.05) is 18.3 Å². The van der Waals surface area contributed by atoms with Crippen LogP contribution in [0.1, 0.15) is 12.8 Å². The summed E-state index contributed by atoms with van der Waals surface area (Å²) in [5, 5.41) is 5.92. The first kappa shape index (κ1) is 13.2. The second-order valence-electron chi connectivity index (χ2n) is 5.47. The number of fused-ring (bicyclic) bond motifs is 1. The van der Waals surface area contributed by atoms with E-state index >= 15 is 0 Å². The van der Waals surface area contributed by atoms with Crippen LogP contribution in [0.2, 0.25) is 0 Å². The highest BCUT2D eigenvalue weighted by molar-refractivity contribution is 5.92. The Kier molecular flexibility index (Phi) is 3.74. The number of rotatable bonds is 3. The zero-order chi connectivity index (χ0) is 13.9. The van der Waals surface area contributed by atoms with Crippen LogP contribution in [0.4, 0.5) is 5.82 Å². The van der Waals surface area contributed by atoms with Crippen molar-refractivity contribution in [3.63, 3.8) is 0 Å². The number of hydrogen-bond donors (Lipinski definition) is 1. The highest BCUT2D eigenvalue weighted by atomic mass is 16.5. The molecule has 1 aromatic carbocycles. The number of hydrogen-bond acceptors (Lipinski definition) is 4. The van der Waals surface area contributed by atoms with Crippen molar-refractivity contribution in [2.45, 2.75) is 18.9 Å². The SMILES string of the molecule is COc1ccc2ccnc(NC3CCN(C)CC3)c2c1. The molecule has 0 spiro atoms. The molecule has 1 aliphatic rings.